The molecule has 1 unspecified atom stereocenters. The quantitative estimate of drug-likeness (QED) is 0.711. The molecule has 2 aliphatic rings. The molecule has 1 atom stereocenters. The van der Waals surface area contributed by atoms with Crippen LogP contribution in [0.1, 0.15) is 50.1 Å². The number of nitrogens with one attached hydrogen (secondary N) is 2. The maximum Gasteiger partial charge on any atom is 0.315 e. The van der Waals surface area contributed by atoms with Crippen LogP contribution in [0.2, 0.25) is 0 Å². The highest BCUT2D eigenvalue weighted by molar-refractivity contribution is 7.88. The Bertz CT molecular complexity index is 823. The molecule has 0 spiro atoms. The third kappa shape index (κ3) is 6.43. The van der Waals surface area contributed by atoms with Crippen LogP contribution in [0.3, 0.4) is 0 Å². The van der Waals surface area contributed by atoms with Crippen molar-refractivity contribution in [3.63, 3.8) is 0 Å². The molecule has 1 aromatic carbocycles. The van der Waals surface area contributed by atoms with Gasteiger partial charge in [0, 0.05) is 38.6 Å². The fourth-order valence-corrected chi connectivity index (χ4v) is 4.96. The molecule has 9 heteroatoms. The van der Waals surface area contributed by atoms with E-state index in [0.29, 0.717) is 38.9 Å². The van der Waals surface area contributed by atoms with E-state index in [0.717, 1.165) is 31.4 Å². The zero-order valence-electron chi connectivity index (χ0n) is 17.5. The summed E-state index contributed by atoms with van der Waals surface area (Å²) in [5.74, 6) is 0.142. The number of carbonyl (C=O) groups is 2. The molecule has 3 rings (SSSR count). The number of rotatable bonds is 6. The zero-order valence-corrected chi connectivity index (χ0v) is 18.4. The Hall–Kier alpha value is -2.13. The van der Waals surface area contributed by atoms with Crippen molar-refractivity contribution in [2.45, 2.75) is 50.6 Å². The van der Waals surface area contributed by atoms with Crippen molar-refractivity contribution < 1.29 is 18.0 Å². The number of nitrogens with zero attached hydrogens (tertiary/aromatic N) is 2. The van der Waals surface area contributed by atoms with Crippen LogP contribution in [0.25, 0.3) is 0 Å². The van der Waals surface area contributed by atoms with Crippen molar-refractivity contribution in [2.24, 2.45) is 0 Å². The van der Waals surface area contributed by atoms with Gasteiger partial charge >= 0.3 is 6.03 Å². The van der Waals surface area contributed by atoms with E-state index >= 15 is 0 Å². The third-order valence-electron chi connectivity index (χ3n) is 5.84. The minimum atomic E-state index is -3.19. The molecule has 2 fully saturated rings. The van der Waals surface area contributed by atoms with Crippen molar-refractivity contribution in [3.8, 4) is 0 Å². The summed E-state index contributed by atoms with van der Waals surface area (Å²) in [5.41, 5.74) is 0.955. The van der Waals surface area contributed by atoms with E-state index in [-0.39, 0.29) is 24.0 Å². The minimum absolute atomic E-state index is 0.0701. The lowest BCUT2D eigenvalue weighted by atomic mass is 10.1. The lowest BCUT2D eigenvalue weighted by Crippen LogP contribution is -2.50. The fraction of sp³-hybridized carbons (Fsp3) is 0.619. The first-order chi connectivity index (χ1) is 14.3. The Morgan fingerprint density at radius 1 is 1.10 bits per heavy atom. The third-order valence-corrected chi connectivity index (χ3v) is 7.14. The van der Waals surface area contributed by atoms with Gasteiger partial charge in [0.2, 0.25) is 15.9 Å². The summed E-state index contributed by atoms with van der Waals surface area (Å²) in [4.78, 5) is 27.0. The van der Waals surface area contributed by atoms with Gasteiger partial charge in [-0.1, -0.05) is 36.8 Å². The molecule has 3 amide bonds. The molecule has 30 heavy (non-hydrogen) atoms. The molecule has 0 saturated carbocycles. The number of piperidine rings is 1. The molecular weight excluding hydrogens is 404 g/mol. The molecule has 2 aliphatic heterocycles. The normalized spacial score (nSPS) is 20.4. The van der Waals surface area contributed by atoms with Crippen LogP contribution in [0.5, 0.6) is 0 Å². The lowest BCUT2D eigenvalue weighted by Gasteiger charge is -2.32. The van der Waals surface area contributed by atoms with Gasteiger partial charge in [-0.15, -0.1) is 0 Å². The Morgan fingerprint density at radius 3 is 2.47 bits per heavy atom. The molecule has 0 aliphatic carbocycles. The van der Waals surface area contributed by atoms with Crippen LogP contribution in [-0.2, 0) is 14.8 Å². The average molecular weight is 437 g/mol. The fourth-order valence-electron chi connectivity index (χ4n) is 4.09. The van der Waals surface area contributed by atoms with E-state index in [9.17, 15) is 18.0 Å². The highest BCUT2D eigenvalue weighted by Crippen LogP contribution is 2.19. The minimum Gasteiger partial charge on any atom is -0.340 e. The van der Waals surface area contributed by atoms with Gasteiger partial charge in [-0.3, -0.25) is 4.79 Å². The summed E-state index contributed by atoms with van der Waals surface area (Å²) in [6.45, 7) is 1.99. The molecule has 8 nitrogen and oxygen atoms in total. The maximum atomic E-state index is 12.7. The van der Waals surface area contributed by atoms with E-state index in [1.165, 1.54) is 10.6 Å². The molecule has 0 aromatic heterocycles. The van der Waals surface area contributed by atoms with Gasteiger partial charge in [0.15, 0.2) is 0 Å². The summed E-state index contributed by atoms with van der Waals surface area (Å²) in [6, 6.07) is 9.02. The van der Waals surface area contributed by atoms with Gasteiger partial charge < -0.3 is 15.5 Å². The van der Waals surface area contributed by atoms with Crippen molar-refractivity contribution in [1.29, 1.82) is 0 Å². The van der Waals surface area contributed by atoms with E-state index in [1.807, 2.05) is 35.2 Å². The second-order valence-corrected chi connectivity index (χ2v) is 10.2. The molecule has 166 valence electrons. The SMILES string of the molecule is CS(=O)(=O)N1CCC(NC(=O)NC(CN2CCCCCC2=O)c2ccccc2)CC1. The molecule has 2 saturated heterocycles. The number of hydrogen-bond acceptors (Lipinski definition) is 4. The van der Waals surface area contributed by atoms with Crippen molar-refractivity contribution in [2.75, 3.05) is 32.4 Å². The van der Waals surface area contributed by atoms with Crippen LogP contribution < -0.4 is 10.6 Å². The summed E-state index contributed by atoms with van der Waals surface area (Å²) < 4.78 is 24.7. The summed E-state index contributed by atoms with van der Waals surface area (Å²) >= 11 is 0. The van der Waals surface area contributed by atoms with Gasteiger partial charge in [0.05, 0.1) is 12.3 Å². The summed E-state index contributed by atoms with van der Waals surface area (Å²) in [6.07, 6.45) is 5.90. The number of carbonyl (C=O) groups excluding carboxylic acids is 2. The molecule has 1 aromatic rings. The van der Waals surface area contributed by atoms with Crippen LogP contribution in [0.15, 0.2) is 30.3 Å². The largest absolute Gasteiger partial charge is 0.340 e. The lowest BCUT2D eigenvalue weighted by molar-refractivity contribution is -0.131. The summed E-state index contributed by atoms with van der Waals surface area (Å²) in [5, 5.41) is 6.01. The van der Waals surface area contributed by atoms with Crippen molar-refractivity contribution in [3.05, 3.63) is 35.9 Å². The average Bonchev–Trinajstić information content (AvgIpc) is 2.92. The van der Waals surface area contributed by atoms with E-state index in [2.05, 4.69) is 10.6 Å². The van der Waals surface area contributed by atoms with E-state index in [1.54, 1.807) is 0 Å². The second kappa shape index (κ2) is 10.3. The van der Waals surface area contributed by atoms with Crippen LogP contribution >= 0.6 is 0 Å². The summed E-state index contributed by atoms with van der Waals surface area (Å²) in [7, 11) is -3.19. The molecule has 0 radical (unpaired) electrons. The first-order valence-electron chi connectivity index (χ1n) is 10.7. The van der Waals surface area contributed by atoms with Gasteiger partial charge in [-0.05, 0) is 31.2 Å². The second-order valence-electron chi connectivity index (χ2n) is 8.17. The first kappa shape index (κ1) is 22.6. The smallest absolute Gasteiger partial charge is 0.315 e. The van der Waals surface area contributed by atoms with Crippen molar-refractivity contribution >= 4 is 22.0 Å². The zero-order chi connectivity index (χ0) is 21.6. The van der Waals surface area contributed by atoms with Gasteiger partial charge in [0.1, 0.15) is 0 Å². The maximum absolute atomic E-state index is 12.7. The van der Waals surface area contributed by atoms with Gasteiger partial charge in [0.25, 0.3) is 0 Å². The number of sulfonamides is 1. The molecule has 0 bridgehead atoms. The number of urea groups is 1. The van der Waals surface area contributed by atoms with Crippen LogP contribution in [0, 0.1) is 0 Å². The van der Waals surface area contributed by atoms with E-state index < -0.39 is 10.0 Å². The van der Waals surface area contributed by atoms with Crippen LogP contribution in [0.4, 0.5) is 4.79 Å². The topological polar surface area (TPSA) is 98.8 Å². The Kier molecular flexibility index (Phi) is 7.71. The Balaban J connectivity index is 1.60. The number of benzene rings is 1. The monoisotopic (exact) mass is 436 g/mol. The standard InChI is InChI=1S/C21H32N4O4S/c1-30(28,29)25-14-11-18(12-15-25)22-21(27)23-19(17-8-4-2-5-9-17)16-24-13-7-3-6-10-20(24)26/h2,4-5,8-9,18-19H,3,6-7,10-16H2,1H3,(H2,22,23,27). The number of hydrogen-bond donors (Lipinski definition) is 2. The predicted octanol–water partition coefficient (Wildman–Crippen LogP) is 1.85. The molecule has 2 heterocycles. The Morgan fingerprint density at radius 2 is 1.80 bits per heavy atom. The van der Waals surface area contributed by atoms with Crippen LogP contribution in [-0.4, -0.2) is 68.0 Å². The molecule has 2 N–H and O–H groups in total. The highest BCUT2D eigenvalue weighted by atomic mass is 32.2. The van der Waals surface area contributed by atoms with E-state index in [4.69, 9.17) is 0 Å². The number of likely N-dealkylation sites (tertiary alicyclic amines) is 1. The Labute approximate surface area is 179 Å². The molecular formula is C21H32N4O4S. The first-order valence-corrected chi connectivity index (χ1v) is 12.5. The van der Waals surface area contributed by atoms with Gasteiger partial charge in [-0.25, -0.2) is 17.5 Å². The van der Waals surface area contributed by atoms with Crippen molar-refractivity contribution in [1.82, 2.24) is 19.8 Å². The highest BCUT2D eigenvalue weighted by Gasteiger charge is 2.27. The number of amides is 3. The van der Waals surface area contributed by atoms with Gasteiger partial charge in [-0.2, -0.15) is 0 Å². The predicted molar refractivity (Wildman–Crippen MR) is 115 cm³/mol.